The second kappa shape index (κ2) is 5.72. The second-order valence-corrected chi connectivity index (χ2v) is 5.93. The highest BCUT2D eigenvalue weighted by atomic mass is 32.2. The zero-order valence-corrected chi connectivity index (χ0v) is 10.4. The molecule has 5 nitrogen and oxygen atoms in total. The van der Waals surface area contributed by atoms with Crippen molar-refractivity contribution in [2.24, 2.45) is 0 Å². The lowest BCUT2D eigenvalue weighted by molar-refractivity contribution is -0.144. The molecular weight excluding hydrogens is 254 g/mol. The normalized spacial score (nSPS) is 18.7. The van der Waals surface area contributed by atoms with Crippen molar-refractivity contribution >= 4 is 15.9 Å². The minimum atomic E-state index is -3.29. The minimum Gasteiger partial charge on any atom is -0.335 e. The summed E-state index contributed by atoms with van der Waals surface area (Å²) in [4.78, 5) is 12.0. The van der Waals surface area contributed by atoms with Crippen LogP contribution in [0.2, 0.25) is 0 Å². The molecule has 0 aliphatic carbocycles. The number of amides is 1. The van der Waals surface area contributed by atoms with Gasteiger partial charge >= 0.3 is 6.43 Å². The molecule has 0 radical (unpaired) electrons. The Morgan fingerprint density at radius 3 is 2.18 bits per heavy atom. The van der Waals surface area contributed by atoms with E-state index in [1.165, 1.54) is 4.31 Å². The van der Waals surface area contributed by atoms with E-state index in [1.807, 2.05) is 0 Å². The Balaban J connectivity index is 2.54. The van der Waals surface area contributed by atoms with E-state index in [0.29, 0.717) is 6.42 Å². The summed E-state index contributed by atoms with van der Waals surface area (Å²) in [5.74, 6) is -1.17. The van der Waals surface area contributed by atoms with Crippen molar-refractivity contribution < 1.29 is 22.0 Å². The quantitative estimate of drug-likeness (QED) is 0.730. The Bertz CT molecular complexity index is 364. The zero-order chi connectivity index (χ0) is 13.1. The highest BCUT2D eigenvalue weighted by molar-refractivity contribution is 7.89. The van der Waals surface area contributed by atoms with Crippen LogP contribution in [0.4, 0.5) is 8.78 Å². The fourth-order valence-electron chi connectivity index (χ4n) is 1.71. The van der Waals surface area contributed by atoms with Crippen molar-refractivity contribution in [3.8, 4) is 0 Å². The highest BCUT2D eigenvalue weighted by Crippen LogP contribution is 2.11. The molecule has 1 aliphatic rings. The van der Waals surface area contributed by atoms with Gasteiger partial charge in [-0.25, -0.2) is 8.42 Å². The van der Waals surface area contributed by atoms with E-state index >= 15 is 0 Å². The Morgan fingerprint density at radius 1 is 1.24 bits per heavy atom. The number of nitrogens with zero attached hydrogens (tertiary/aromatic N) is 2. The second-order valence-electron chi connectivity index (χ2n) is 3.84. The summed E-state index contributed by atoms with van der Waals surface area (Å²) in [6, 6.07) is 0. The molecule has 17 heavy (non-hydrogen) atoms. The topological polar surface area (TPSA) is 57.7 Å². The number of alkyl halides is 2. The molecule has 0 unspecified atom stereocenters. The van der Waals surface area contributed by atoms with Crippen LogP contribution < -0.4 is 0 Å². The first-order valence-corrected chi connectivity index (χ1v) is 7.04. The van der Waals surface area contributed by atoms with Gasteiger partial charge in [0.15, 0.2) is 0 Å². The lowest BCUT2D eigenvalue weighted by Gasteiger charge is -2.33. The molecule has 1 fully saturated rings. The Morgan fingerprint density at radius 2 is 1.76 bits per heavy atom. The molecule has 0 aromatic carbocycles. The van der Waals surface area contributed by atoms with Gasteiger partial charge in [0.05, 0.1) is 5.75 Å². The number of piperazine rings is 1. The van der Waals surface area contributed by atoms with Gasteiger partial charge in [0.25, 0.3) is 5.91 Å². The van der Waals surface area contributed by atoms with Crippen molar-refractivity contribution in [2.45, 2.75) is 19.8 Å². The smallest absolute Gasteiger partial charge is 0.315 e. The van der Waals surface area contributed by atoms with Gasteiger partial charge in [0.1, 0.15) is 0 Å². The van der Waals surface area contributed by atoms with Crippen molar-refractivity contribution in [3.05, 3.63) is 0 Å². The van der Waals surface area contributed by atoms with Crippen LogP contribution in [-0.2, 0) is 14.8 Å². The number of hydrogen-bond acceptors (Lipinski definition) is 3. The molecular formula is C9H16F2N2O3S. The van der Waals surface area contributed by atoms with Crippen LogP contribution in [0.25, 0.3) is 0 Å². The van der Waals surface area contributed by atoms with Crippen molar-refractivity contribution in [1.82, 2.24) is 9.21 Å². The maximum absolute atomic E-state index is 12.1. The number of carbonyl (C=O) groups excluding carboxylic acids is 1. The molecule has 0 aromatic rings. The van der Waals surface area contributed by atoms with E-state index in [1.54, 1.807) is 6.92 Å². The maximum Gasteiger partial charge on any atom is 0.315 e. The molecule has 0 bridgehead atoms. The van der Waals surface area contributed by atoms with E-state index in [2.05, 4.69) is 0 Å². The summed E-state index contributed by atoms with van der Waals surface area (Å²) >= 11 is 0. The SMILES string of the molecule is CCCS(=O)(=O)N1CCN(C(=O)C(F)F)CC1. The molecule has 0 aromatic heterocycles. The van der Waals surface area contributed by atoms with Crippen LogP contribution in [0, 0.1) is 0 Å². The first kappa shape index (κ1) is 14.3. The van der Waals surface area contributed by atoms with E-state index in [-0.39, 0.29) is 31.9 Å². The third-order valence-electron chi connectivity index (χ3n) is 2.59. The summed E-state index contributed by atoms with van der Waals surface area (Å²) in [5, 5.41) is 0. The predicted octanol–water partition coefficient (Wildman–Crippen LogP) is 0.135. The van der Waals surface area contributed by atoms with Gasteiger partial charge in [-0.1, -0.05) is 6.92 Å². The Labute approximate surface area is 99.4 Å². The van der Waals surface area contributed by atoms with Crippen molar-refractivity contribution in [3.63, 3.8) is 0 Å². The van der Waals surface area contributed by atoms with Gasteiger partial charge in [-0.15, -0.1) is 0 Å². The molecule has 1 heterocycles. The molecule has 1 rings (SSSR count). The first-order chi connectivity index (χ1) is 7.88. The summed E-state index contributed by atoms with van der Waals surface area (Å²) in [5.41, 5.74) is 0. The third kappa shape index (κ3) is 3.60. The third-order valence-corrected chi connectivity index (χ3v) is 4.67. The lowest BCUT2D eigenvalue weighted by Crippen LogP contribution is -2.52. The molecule has 1 amide bonds. The van der Waals surface area contributed by atoms with Gasteiger partial charge in [0.2, 0.25) is 10.0 Å². The zero-order valence-electron chi connectivity index (χ0n) is 9.60. The van der Waals surface area contributed by atoms with Crippen LogP contribution in [0.15, 0.2) is 0 Å². The fraction of sp³-hybridized carbons (Fsp3) is 0.889. The molecule has 0 N–H and O–H groups in total. The van der Waals surface area contributed by atoms with E-state index < -0.39 is 22.4 Å². The van der Waals surface area contributed by atoms with Gasteiger partial charge in [-0.2, -0.15) is 13.1 Å². The molecule has 100 valence electrons. The number of rotatable bonds is 4. The summed E-state index contributed by atoms with van der Waals surface area (Å²) < 4.78 is 48.9. The molecule has 8 heteroatoms. The van der Waals surface area contributed by atoms with Crippen molar-refractivity contribution in [2.75, 3.05) is 31.9 Å². The largest absolute Gasteiger partial charge is 0.335 e. The molecule has 1 aliphatic heterocycles. The van der Waals surface area contributed by atoms with Crippen molar-refractivity contribution in [1.29, 1.82) is 0 Å². The van der Waals surface area contributed by atoms with Crippen LogP contribution in [-0.4, -0.2) is 61.9 Å². The van der Waals surface area contributed by atoms with E-state index in [0.717, 1.165) is 4.90 Å². The Kier molecular flexibility index (Phi) is 4.81. The average molecular weight is 270 g/mol. The number of hydrogen-bond donors (Lipinski definition) is 0. The molecule has 0 saturated carbocycles. The molecule has 0 spiro atoms. The van der Waals surface area contributed by atoms with Crippen LogP contribution in [0.5, 0.6) is 0 Å². The van der Waals surface area contributed by atoms with Gasteiger partial charge in [-0.05, 0) is 6.42 Å². The molecule has 0 atom stereocenters. The number of carbonyl (C=O) groups is 1. The van der Waals surface area contributed by atoms with E-state index in [9.17, 15) is 22.0 Å². The number of halogens is 2. The van der Waals surface area contributed by atoms with Gasteiger partial charge in [-0.3, -0.25) is 4.79 Å². The lowest BCUT2D eigenvalue weighted by atomic mass is 10.3. The Hall–Kier alpha value is -0.760. The van der Waals surface area contributed by atoms with Gasteiger partial charge in [0, 0.05) is 26.2 Å². The molecule has 1 saturated heterocycles. The van der Waals surface area contributed by atoms with Crippen LogP contribution in [0.1, 0.15) is 13.3 Å². The monoisotopic (exact) mass is 270 g/mol. The standard InChI is InChI=1S/C9H16F2N2O3S/c1-2-7-17(15,16)13-5-3-12(4-6-13)9(14)8(10)11/h8H,2-7H2,1H3. The maximum atomic E-state index is 12.1. The van der Waals surface area contributed by atoms with E-state index in [4.69, 9.17) is 0 Å². The summed E-state index contributed by atoms with van der Waals surface area (Å²) in [6.45, 7) is 2.02. The highest BCUT2D eigenvalue weighted by Gasteiger charge is 2.30. The predicted molar refractivity (Wildman–Crippen MR) is 58.2 cm³/mol. The number of sulfonamides is 1. The minimum absolute atomic E-state index is 0.0338. The fourth-order valence-corrected chi connectivity index (χ4v) is 3.21. The average Bonchev–Trinajstić information content (AvgIpc) is 2.28. The van der Waals surface area contributed by atoms with Crippen LogP contribution >= 0.6 is 0 Å². The summed E-state index contributed by atoms with van der Waals surface area (Å²) in [7, 11) is -3.29. The van der Waals surface area contributed by atoms with Gasteiger partial charge < -0.3 is 4.90 Å². The summed E-state index contributed by atoms with van der Waals surface area (Å²) in [6.07, 6.45) is -2.51. The van der Waals surface area contributed by atoms with Crippen LogP contribution in [0.3, 0.4) is 0 Å². The first-order valence-electron chi connectivity index (χ1n) is 5.43.